The lowest BCUT2D eigenvalue weighted by molar-refractivity contribution is -0.0259. The summed E-state index contributed by atoms with van der Waals surface area (Å²) in [5.74, 6) is -9.48. The average molecular weight is 1170 g/mol. The molecule has 0 saturated carbocycles. The van der Waals surface area contributed by atoms with Crippen LogP contribution in [0.4, 0.5) is 17.6 Å². The molecule has 16 nitrogen and oxygen atoms in total. The van der Waals surface area contributed by atoms with Crippen molar-refractivity contribution in [3.8, 4) is 0 Å². The second-order valence-electron chi connectivity index (χ2n) is 22.8. The molecule has 6 aromatic rings. The summed E-state index contributed by atoms with van der Waals surface area (Å²) < 4.78 is 115. The number of aromatic nitrogens is 4. The van der Waals surface area contributed by atoms with Crippen molar-refractivity contribution in [2.24, 2.45) is 16.2 Å². The molecule has 22 heteroatoms. The van der Waals surface area contributed by atoms with Crippen molar-refractivity contribution in [2.75, 3.05) is 52.4 Å². The number of rotatable bonds is 20. The summed E-state index contributed by atoms with van der Waals surface area (Å²) in [6.45, 7) is 4.57. The highest BCUT2D eigenvalue weighted by Gasteiger charge is 2.52. The zero-order valence-corrected chi connectivity index (χ0v) is 47.7. The lowest BCUT2D eigenvalue weighted by Gasteiger charge is -2.38. The van der Waals surface area contributed by atoms with E-state index in [4.69, 9.17) is 15.4 Å². The second-order valence-corrected chi connectivity index (χ2v) is 25.9. The first kappa shape index (κ1) is 58.9. The number of aryl methyl sites for hydroxylation is 2. The van der Waals surface area contributed by atoms with Crippen LogP contribution >= 0.6 is 0 Å². The SMILES string of the molecule is CCCn1ncc(C(=O)N2CC(Cc3ccccc3)C(F)(F)C2)c1C1CCN(C(CCCCn2ncc(C(=O)N3CC(c4ccccc4)C(F)(F)C3)c2C2CCN(Cc3ccc(S(N)(=O)=O)cc3)CC2)c2ccc(S(N)(=O)=O)cc2)CC1. The minimum Gasteiger partial charge on any atom is -0.332 e. The quantitative estimate of drug-likeness (QED) is 0.0550. The minimum atomic E-state index is -3.97. The number of primary sulfonamides is 2. The van der Waals surface area contributed by atoms with E-state index in [0.717, 1.165) is 34.5 Å². The van der Waals surface area contributed by atoms with Gasteiger partial charge in [0.25, 0.3) is 23.7 Å². The summed E-state index contributed by atoms with van der Waals surface area (Å²) in [5.41, 5.74) is 5.23. The van der Waals surface area contributed by atoms with E-state index in [1.807, 2.05) is 46.6 Å². The van der Waals surface area contributed by atoms with E-state index in [-0.39, 0.29) is 47.2 Å². The van der Waals surface area contributed by atoms with Crippen molar-refractivity contribution in [1.82, 2.24) is 39.2 Å². The number of hydrogen-bond acceptors (Lipinski definition) is 10. The number of unbranched alkanes of at least 4 members (excludes halogenated alkanes) is 1. The monoisotopic (exact) mass is 1170 g/mol. The van der Waals surface area contributed by atoms with Gasteiger partial charge < -0.3 is 9.80 Å². The van der Waals surface area contributed by atoms with E-state index in [9.17, 15) is 26.4 Å². The number of nitrogens with zero attached hydrogens (tertiary/aromatic N) is 8. The number of carbonyl (C=O) groups excluding carboxylic acids is 2. The maximum atomic E-state index is 15.8. The van der Waals surface area contributed by atoms with Gasteiger partial charge in [0.05, 0.1) is 63.7 Å². The number of piperidine rings is 2. The van der Waals surface area contributed by atoms with Gasteiger partial charge in [0.1, 0.15) is 0 Å². The normalized spacial score (nSPS) is 20.6. The van der Waals surface area contributed by atoms with Crippen LogP contribution in [-0.2, 0) is 46.1 Å². The van der Waals surface area contributed by atoms with E-state index >= 15 is 17.6 Å². The highest BCUT2D eigenvalue weighted by atomic mass is 32.2. The molecule has 3 unspecified atom stereocenters. The first-order valence-electron chi connectivity index (χ1n) is 28.4. The maximum Gasteiger partial charge on any atom is 0.273 e. The molecule has 2 amide bonds. The van der Waals surface area contributed by atoms with E-state index in [2.05, 4.69) is 14.9 Å². The molecule has 3 atom stereocenters. The Morgan fingerprint density at radius 1 is 0.622 bits per heavy atom. The molecule has 0 radical (unpaired) electrons. The number of nitrogens with two attached hydrogens (primary N) is 2. The molecular formula is C60H72F4N10O6S2. The van der Waals surface area contributed by atoms with Gasteiger partial charge in [0, 0.05) is 56.5 Å². The molecule has 82 heavy (non-hydrogen) atoms. The van der Waals surface area contributed by atoms with E-state index in [0.29, 0.717) is 107 Å². The van der Waals surface area contributed by atoms with Crippen LogP contribution < -0.4 is 10.3 Å². The Morgan fingerprint density at radius 2 is 1.13 bits per heavy atom. The van der Waals surface area contributed by atoms with Gasteiger partial charge in [-0.1, -0.05) is 91.9 Å². The fraction of sp³-hybridized carbons (Fsp3) is 0.467. The van der Waals surface area contributed by atoms with Gasteiger partial charge in [0.15, 0.2) is 0 Å². The van der Waals surface area contributed by atoms with Crippen molar-refractivity contribution < 1.29 is 44.0 Å². The van der Waals surface area contributed by atoms with E-state index in [1.165, 1.54) is 40.3 Å². The lowest BCUT2D eigenvalue weighted by Crippen LogP contribution is -2.37. The van der Waals surface area contributed by atoms with Crippen molar-refractivity contribution in [3.05, 3.63) is 166 Å². The Bertz CT molecular complexity index is 3410. The number of likely N-dealkylation sites (tertiary alicyclic amines) is 4. The summed E-state index contributed by atoms with van der Waals surface area (Å²) >= 11 is 0. The fourth-order valence-electron chi connectivity index (χ4n) is 12.9. The highest BCUT2D eigenvalue weighted by Crippen LogP contribution is 2.43. The number of amides is 2. The molecule has 0 aliphatic carbocycles. The Morgan fingerprint density at radius 3 is 1.70 bits per heavy atom. The van der Waals surface area contributed by atoms with Gasteiger partial charge in [-0.3, -0.25) is 28.8 Å². The van der Waals surface area contributed by atoms with Gasteiger partial charge in [-0.25, -0.2) is 44.7 Å². The highest BCUT2D eigenvalue weighted by molar-refractivity contribution is 7.89. The third-order valence-electron chi connectivity index (χ3n) is 17.2. The van der Waals surface area contributed by atoms with Crippen molar-refractivity contribution in [3.63, 3.8) is 0 Å². The Balaban J connectivity index is 0.847. The minimum absolute atomic E-state index is 0.00771. The number of halogens is 4. The lowest BCUT2D eigenvalue weighted by atomic mass is 9.88. The van der Waals surface area contributed by atoms with Crippen molar-refractivity contribution in [1.29, 1.82) is 0 Å². The molecule has 4 aliphatic rings. The largest absolute Gasteiger partial charge is 0.332 e. The van der Waals surface area contributed by atoms with Gasteiger partial charge >= 0.3 is 0 Å². The molecule has 438 valence electrons. The standard InChI is InChI=1S/C60H72F4N10O6S2/c1-2-28-73-55(51(35-67-73)57(75)71-38-48(59(61,62)40-71)34-42-11-5-3-6-12-42)47-26-32-70(33-27-47)54(45-18-22-50(23-19-45)82(66,79)80)15-9-10-29-74-56(46-24-30-69(31-25-46)37-43-16-20-49(21-17-43)81(65,77)78)52(36-68-74)58(76)72-39-53(60(63,64)41-72)44-13-7-4-8-14-44/h3-8,11-14,16-23,35-36,46-48,53-54H,2,9-10,15,24-34,37-41H2,1H3,(H2,65,77,78)(H2,66,79,80). The number of carbonyl (C=O) groups is 2. The first-order chi connectivity index (χ1) is 39.2. The summed E-state index contributed by atoms with van der Waals surface area (Å²) in [4.78, 5) is 36.1. The van der Waals surface area contributed by atoms with Gasteiger partial charge in [-0.15, -0.1) is 0 Å². The molecule has 2 aromatic heterocycles. The smallest absolute Gasteiger partial charge is 0.273 e. The van der Waals surface area contributed by atoms with Crippen LogP contribution in [0.2, 0.25) is 0 Å². The van der Waals surface area contributed by atoms with E-state index < -0.39 is 68.6 Å². The third kappa shape index (κ3) is 13.2. The molecule has 4 saturated heterocycles. The Kier molecular flexibility index (Phi) is 17.6. The average Bonchev–Trinajstić information content (AvgIpc) is 4.24. The third-order valence-corrected chi connectivity index (χ3v) is 19.1. The summed E-state index contributed by atoms with van der Waals surface area (Å²) in [7, 11) is -7.81. The summed E-state index contributed by atoms with van der Waals surface area (Å²) in [5, 5.41) is 20.3. The molecular weight excluding hydrogens is 1100 g/mol. The Hall–Kier alpha value is -6.30. The summed E-state index contributed by atoms with van der Waals surface area (Å²) in [6, 6.07) is 30.6. The van der Waals surface area contributed by atoms with E-state index in [1.54, 1.807) is 60.8 Å². The fourth-order valence-corrected chi connectivity index (χ4v) is 13.9. The van der Waals surface area contributed by atoms with Gasteiger partial charge in [0.2, 0.25) is 20.0 Å². The molecule has 4 aromatic carbocycles. The number of sulfonamides is 2. The van der Waals surface area contributed by atoms with Crippen molar-refractivity contribution >= 4 is 31.9 Å². The zero-order valence-electron chi connectivity index (χ0n) is 46.1. The molecule has 4 fully saturated rings. The van der Waals surface area contributed by atoms with Crippen LogP contribution in [0.5, 0.6) is 0 Å². The van der Waals surface area contributed by atoms with Gasteiger partial charge in [-0.05, 0) is 130 Å². The van der Waals surface area contributed by atoms with Crippen LogP contribution in [-0.4, -0.2) is 132 Å². The van der Waals surface area contributed by atoms with Crippen LogP contribution in [0.1, 0.15) is 136 Å². The predicted molar refractivity (Wildman–Crippen MR) is 302 cm³/mol. The summed E-state index contributed by atoms with van der Waals surface area (Å²) in [6.07, 6.45) is 8.60. The second kappa shape index (κ2) is 24.5. The van der Waals surface area contributed by atoms with Crippen LogP contribution in [0.25, 0.3) is 0 Å². The zero-order chi connectivity index (χ0) is 58.0. The molecule has 4 aliphatic heterocycles. The predicted octanol–water partition coefficient (Wildman–Crippen LogP) is 8.78. The number of benzene rings is 4. The maximum absolute atomic E-state index is 15.8. The Labute approximate surface area is 477 Å². The topological polar surface area (TPSA) is 203 Å². The molecule has 0 spiro atoms. The molecule has 4 N–H and O–H groups in total. The first-order valence-corrected chi connectivity index (χ1v) is 31.5. The molecule has 0 bridgehead atoms. The molecule has 10 rings (SSSR count). The van der Waals surface area contributed by atoms with Crippen LogP contribution in [0.3, 0.4) is 0 Å². The van der Waals surface area contributed by atoms with Crippen LogP contribution in [0.15, 0.2) is 131 Å². The van der Waals surface area contributed by atoms with Crippen molar-refractivity contribution in [2.45, 2.75) is 130 Å². The van der Waals surface area contributed by atoms with Gasteiger partial charge in [-0.2, -0.15) is 10.2 Å². The number of hydrogen-bond donors (Lipinski definition) is 2. The van der Waals surface area contributed by atoms with Crippen LogP contribution in [0, 0.1) is 5.92 Å². The molecule has 6 heterocycles. The number of alkyl halides is 4.